The van der Waals surface area contributed by atoms with Gasteiger partial charge in [-0.3, -0.25) is 4.79 Å². The van der Waals surface area contributed by atoms with Gasteiger partial charge in [0.15, 0.2) is 0 Å². The Labute approximate surface area is 116 Å². The number of hydrogen-bond acceptors (Lipinski definition) is 3. The Balaban J connectivity index is 2.41. The molecule has 0 aromatic heterocycles. The molecule has 0 saturated heterocycles. The minimum atomic E-state index is -0.652. The summed E-state index contributed by atoms with van der Waals surface area (Å²) in [6.45, 7) is 0. The van der Waals surface area contributed by atoms with Crippen LogP contribution in [-0.2, 0) is 0 Å². The highest BCUT2D eigenvalue weighted by Gasteiger charge is 2.22. The summed E-state index contributed by atoms with van der Waals surface area (Å²) in [6.07, 6.45) is 0. The topological polar surface area (TPSA) is 49.8 Å². The van der Waals surface area contributed by atoms with Crippen LogP contribution in [0.1, 0.15) is 10.4 Å². The first-order valence-electron chi connectivity index (χ1n) is 5.94. The molecule has 0 bridgehead atoms. The molecule has 0 aliphatic carbocycles. The van der Waals surface area contributed by atoms with Crippen molar-refractivity contribution in [2.45, 2.75) is 0 Å². The lowest BCUT2D eigenvalue weighted by Crippen LogP contribution is -2.27. The van der Waals surface area contributed by atoms with Crippen LogP contribution < -0.4 is 9.64 Å². The summed E-state index contributed by atoms with van der Waals surface area (Å²) < 4.78 is 18.9. The summed E-state index contributed by atoms with van der Waals surface area (Å²) in [4.78, 5) is 13.6. The molecule has 0 heterocycles. The van der Waals surface area contributed by atoms with Gasteiger partial charge in [0.05, 0.1) is 7.11 Å². The fourth-order valence-corrected chi connectivity index (χ4v) is 1.87. The van der Waals surface area contributed by atoms with E-state index < -0.39 is 11.7 Å². The monoisotopic (exact) mass is 275 g/mol. The van der Waals surface area contributed by atoms with E-state index in [2.05, 4.69) is 0 Å². The molecule has 2 rings (SSSR count). The van der Waals surface area contributed by atoms with E-state index in [1.165, 1.54) is 49.4 Å². The largest absolute Gasteiger partial charge is 0.508 e. The molecule has 2 aromatic carbocycles. The summed E-state index contributed by atoms with van der Waals surface area (Å²) in [5, 5.41) is 9.43. The molecular formula is C15H14FNO3. The average Bonchev–Trinajstić information content (AvgIpc) is 2.45. The predicted octanol–water partition coefficient (Wildman–Crippen LogP) is 2.82. The summed E-state index contributed by atoms with van der Waals surface area (Å²) in [5.74, 6) is -1.00. The molecule has 0 radical (unpaired) electrons. The molecule has 104 valence electrons. The van der Waals surface area contributed by atoms with Gasteiger partial charge in [0.1, 0.15) is 22.9 Å². The first-order valence-corrected chi connectivity index (χ1v) is 5.94. The Hall–Kier alpha value is -2.56. The Morgan fingerprint density at radius 3 is 2.60 bits per heavy atom. The number of benzene rings is 2. The first-order chi connectivity index (χ1) is 9.54. The smallest absolute Gasteiger partial charge is 0.264 e. The van der Waals surface area contributed by atoms with E-state index in [0.29, 0.717) is 5.69 Å². The Morgan fingerprint density at radius 1 is 1.25 bits per heavy atom. The number of carbonyl (C=O) groups excluding carboxylic acids is 1. The number of halogens is 1. The molecule has 0 spiro atoms. The van der Waals surface area contributed by atoms with E-state index in [4.69, 9.17) is 4.74 Å². The number of rotatable bonds is 3. The van der Waals surface area contributed by atoms with Crippen LogP contribution in [0.3, 0.4) is 0 Å². The van der Waals surface area contributed by atoms with E-state index in [-0.39, 0.29) is 17.1 Å². The molecule has 1 amide bonds. The highest BCUT2D eigenvalue weighted by atomic mass is 19.1. The molecule has 0 saturated carbocycles. The molecule has 0 aliphatic heterocycles. The standard InChI is InChI=1S/C15H14FNO3/c1-17(10-5-3-6-11(18)9-10)15(19)14-12(16)7-4-8-13(14)20-2/h3-9,18H,1-2H3. The second-order valence-electron chi connectivity index (χ2n) is 4.20. The van der Waals surface area contributed by atoms with E-state index in [0.717, 1.165) is 0 Å². The van der Waals surface area contributed by atoms with Crippen LogP contribution in [0.2, 0.25) is 0 Å². The zero-order chi connectivity index (χ0) is 14.7. The number of aromatic hydroxyl groups is 1. The third kappa shape index (κ3) is 2.56. The van der Waals surface area contributed by atoms with Crippen molar-refractivity contribution in [1.29, 1.82) is 0 Å². The van der Waals surface area contributed by atoms with Crippen LogP contribution in [0.25, 0.3) is 0 Å². The van der Waals surface area contributed by atoms with Crippen LogP contribution in [-0.4, -0.2) is 25.2 Å². The molecule has 2 aromatic rings. The van der Waals surface area contributed by atoms with Crippen LogP contribution in [0, 0.1) is 5.82 Å². The third-order valence-electron chi connectivity index (χ3n) is 2.93. The number of hydrogen-bond donors (Lipinski definition) is 1. The number of amides is 1. The summed E-state index contributed by atoms with van der Waals surface area (Å²) in [6, 6.07) is 10.4. The van der Waals surface area contributed by atoms with E-state index in [1.807, 2.05) is 0 Å². The molecule has 20 heavy (non-hydrogen) atoms. The summed E-state index contributed by atoms with van der Waals surface area (Å²) in [7, 11) is 2.88. The molecule has 5 heteroatoms. The van der Waals surface area contributed by atoms with Gasteiger partial charge in [0.2, 0.25) is 0 Å². The van der Waals surface area contributed by atoms with Gasteiger partial charge in [-0.05, 0) is 24.3 Å². The van der Waals surface area contributed by atoms with Crippen molar-refractivity contribution in [2.24, 2.45) is 0 Å². The van der Waals surface area contributed by atoms with Gasteiger partial charge in [0, 0.05) is 18.8 Å². The van der Waals surface area contributed by atoms with E-state index in [9.17, 15) is 14.3 Å². The lowest BCUT2D eigenvalue weighted by atomic mass is 10.1. The lowest BCUT2D eigenvalue weighted by Gasteiger charge is -2.19. The van der Waals surface area contributed by atoms with Crippen molar-refractivity contribution in [2.75, 3.05) is 19.1 Å². The minimum absolute atomic E-state index is 0.0302. The number of phenolic OH excluding ortho intramolecular Hbond substituents is 1. The van der Waals surface area contributed by atoms with Crippen LogP contribution >= 0.6 is 0 Å². The average molecular weight is 275 g/mol. The van der Waals surface area contributed by atoms with Crippen molar-refractivity contribution in [3.05, 3.63) is 53.8 Å². The number of anilines is 1. The number of nitrogens with zero attached hydrogens (tertiary/aromatic N) is 1. The fraction of sp³-hybridized carbons (Fsp3) is 0.133. The highest BCUT2D eigenvalue weighted by Crippen LogP contribution is 2.26. The van der Waals surface area contributed by atoms with Crippen LogP contribution in [0.5, 0.6) is 11.5 Å². The van der Waals surface area contributed by atoms with Gasteiger partial charge < -0.3 is 14.7 Å². The van der Waals surface area contributed by atoms with Gasteiger partial charge in [-0.25, -0.2) is 4.39 Å². The maximum atomic E-state index is 13.9. The zero-order valence-corrected chi connectivity index (χ0v) is 11.1. The van der Waals surface area contributed by atoms with Crippen molar-refractivity contribution < 1.29 is 19.0 Å². The molecule has 0 unspecified atom stereocenters. The molecule has 1 N–H and O–H groups in total. The Bertz CT molecular complexity index is 643. The Morgan fingerprint density at radius 2 is 1.95 bits per heavy atom. The second-order valence-corrected chi connectivity index (χ2v) is 4.20. The van der Waals surface area contributed by atoms with Crippen molar-refractivity contribution in [3.8, 4) is 11.5 Å². The predicted molar refractivity (Wildman–Crippen MR) is 73.8 cm³/mol. The van der Waals surface area contributed by atoms with Gasteiger partial charge in [-0.2, -0.15) is 0 Å². The second kappa shape index (κ2) is 5.61. The quantitative estimate of drug-likeness (QED) is 0.937. The molecule has 0 atom stereocenters. The van der Waals surface area contributed by atoms with Gasteiger partial charge >= 0.3 is 0 Å². The fourth-order valence-electron chi connectivity index (χ4n) is 1.87. The lowest BCUT2D eigenvalue weighted by molar-refractivity contribution is 0.0986. The van der Waals surface area contributed by atoms with Gasteiger partial charge in [0.25, 0.3) is 5.91 Å². The number of carbonyl (C=O) groups is 1. The van der Waals surface area contributed by atoms with Crippen molar-refractivity contribution in [1.82, 2.24) is 0 Å². The molecular weight excluding hydrogens is 261 g/mol. The normalized spacial score (nSPS) is 10.2. The van der Waals surface area contributed by atoms with Gasteiger partial charge in [-0.1, -0.05) is 12.1 Å². The first kappa shape index (κ1) is 13.9. The Kier molecular flexibility index (Phi) is 3.89. The number of methoxy groups -OCH3 is 1. The highest BCUT2D eigenvalue weighted by molar-refractivity contribution is 6.07. The maximum absolute atomic E-state index is 13.9. The van der Waals surface area contributed by atoms with Crippen molar-refractivity contribution in [3.63, 3.8) is 0 Å². The molecule has 0 fully saturated rings. The van der Waals surface area contributed by atoms with Crippen molar-refractivity contribution >= 4 is 11.6 Å². The SMILES string of the molecule is COc1cccc(F)c1C(=O)N(C)c1cccc(O)c1. The summed E-state index contributed by atoms with van der Waals surface area (Å²) >= 11 is 0. The zero-order valence-electron chi connectivity index (χ0n) is 11.1. The van der Waals surface area contributed by atoms with E-state index in [1.54, 1.807) is 12.1 Å². The van der Waals surface area contributed by atoms with E-state index >= 15 is 0 Å². The molecule has 0 aliphatic rings. The maximum Gasteiger partial charge on any atom is 0.264 e. The third-order valence-corrected chi connectivity index (χ3v) is 2.93. The molecule has 4 nitrogen and oxygen atoms in total. The van der Waals surface area contributed by atoms with Crippen LogP contribution in [0.4, 0.5) is 10.1 Å². The number of phenols is 1. The van der Waals surface area contributed by atoms with Gasteiger partial charge in [-0.15, -0.1) is 0 Å². The minimum Gasteiger partial charge on any atom is -0.508 e. The van der Waals surface area contributed by atoms with Crippen LogP contribution in [0.15, 0.2) is 42.5 Å². The number of ether oxygens (including phenoxy) is 1. The summed E-state index contributed by atoms with van der Waals surface area (Å²) in [5.41, 5.74) is 0.321.